The standard InChI is InChI=1S/C11H15N3O3S/c1-7-9(10(16)17-3)18-11(12-7)14-5-4-13(2)8(15)6-14/h4-6H2,1-3H3. The third-order valence-corrected chi connectivity index (χ3v) is 4.08. The van der Waals surface area contributed by atoms with E-state index in [9.17, 15) is 9.59 Å². The van der Waals surface area contributed by atoms with E-state index < -0.39 is 0 Å². The number of nitrogens with zero attached hydrogens (tertiary/aromatic N) is 3. The summed E-state index contributed by atoms with van der Waals surface area (Å²) in [5.41, 5.74) is 0.647. The van der Waals surface area contributed by atoms with Gasteiger partial charge < -0.3 is 14.5 Å². The highest BCUT2D eigenvalue weighted by molar-refractivity contribution is 7.17. The molecule has 18 heavy (non-hydrogen) atoms. The number of anilines is 1. The second-order valence-corrected chi connectivity index (χ2v) is 5.12. The zero-order valence-electron chi connectivity index (χ0n) is 10.6. The third-order valence-electron chi connectivity index (χ3n) is 2.88. The summed E-state index contributed by atoms with van der Waals surface area (Å²) in [7, 11) is 3.13. The first-order valence-electron chi connectivity index (χ1n) is 5.57. The molecule has 7 heteroatoms. The molecular formula is C11H15N3O3S. The predicted octanol–water partition coefficient (Wildman–Crippen LogP) is 0.517. The van der Waals surface area contributed by atoms with E-state index in [1.165, 1.54) is 18.4 Å². The smallest absolute Gasteiger partial charge is 0.350 e. The van der Waals surface area contributed by atoms with E-state index in [0.29, 0.717) is 28.8 Å². The largest absolute Gasteiger partial charge is 0.465 e. The zero-order chi connectivity index (χ0) is 13.3. The Morgan fingerprint density at radius 2 is 2.17 bits per heavy atom. The SMILES string of the molecule is COC(=O)c1sc(N2CCN(C)C(=O)C2)nc1C. The Morgan fingerprint density at radius 3 is 2.78 bits per heavy atom. The summed E-state index contributed by atoms with van der Waals surface area (Å²) < 4.78 is 4.69. The lowest BCUT2D eigenvalue weighted by Gasteiger charge is -2.31. The maximum Gasteiger partial charge on any atom is 0.350 e. The lowest BCUT2D eigenvalue weighted by molar-refractivity contribution is -0.129. The Hall–Kier alpha value is -1.63. The summed E-state index contributed by atoms with van der Waals surface area (Å²) in [6.07, 6.45) is 0. The van der Waals surface area contributed by atoms with E-state index in [1.807, 2.05) is 4.90 Å². The molecule has 1 fully saturated rings. The topological polar surface area (TPSA) is 62.7 Å². The maximum atomic E-state index is 11.6. The van der Waals surface area contributed by atoms with Gasteiger partial charge in [-0.05, 0) is 6.92 Å². The predicted molar refractivity (Wildman–Crippen MR) is 68.0 cm³/mol. The third kappa shape index (κ3) is 2.31. The fraction of sp³-hybridized carbons (Fsp3) is 0.545. The van der Waals surface area contributed by atoms with Crippen LogP contribution in [0.2, 0.25) is 0 Å². The number of hydrogen-bond acceptors (Lipinski definition) is 6. The van der Waals surface area contributed by atoms with Gasteiger partial charge in [0.15, 0.2) is 5.13 Å². The fourth-order valence-corrected chi connectivity index (χ4v) is 2.73. The summed E-state index contributed by atoms with van der Waals surface area (Å²) in [5.74, 6) is -0.314. The Morgan fingerprint density at radius 1 is 1.44 bits per heavy atom. The number of methoxy groups -OCH3 is 1. The van der Waals surface area contributed by atoms with Crippen LogP contribution in [0.5, 0.6) is 0 Å². The summed E-state index contributed by atoms with van der Waals surface area (Å²) in [4.78, 5) is 31.6. The van der Waals surface area contributed by atoms with E-state index in [4.69, 9.17) is 4.74 Å². The lowest BCUT2D eigenvalue weighted by atomic mass is 10.3. The van der Waals surface area contributed by atoms with Crippen LogP contribution in [-0.4, -0.2) is 55.6 Å². The minimum Gasteiger partial charge on any atom is -0.465 e. The first-order chi connectivity index (χ1) is 8.52. The summed E-state index contributed by atoms with van der Waals surface area (Å²) in [6.45, 7) is 3.48. The van der Waals surface area contributed by atoms with E-state index in [-0.39, 0.29) is 11.9 Å². The van der Waals surface area contributed by atoms with E-state index >= 15 is 0 Å². The molecule has 1 aliphatic rings. The number of carbonyl (C=O) groups is 2. The molecule has 1 aromatic rings. The second-order valence-electron chi connectivity index (χ2n) is 4.14. The molecule has 6 nitrogen and oxygen atoms in total. The number of aryl methyl sites for hydroxylation is 1. The number of likely N-dealkylation sites (N-methyl/N-ethyl adjacent to an activating group) is 1. The molecule has 0 atom stereocenters. The molecule has 0 spiro atoms. The van der Waals surface area contributed by atoms with Crippen molar-refractivity contribution >= 4 is 28.3 Å². The molecule has 0 bridgehead atoms. The monoisotopic (exact) mass is 269 g/mol. The first-order valence-corrected chi connectivity index (χ1v) is 6.39. The molecule has 0 saturated carbocycles. The number of esters is 1. The number of aromatic nitrogens is 1. The molecule has 0 N–H and O–H groups in total. The normalized spacial score (nSPS) is 16.1. The molecule has 2 heterocycles. The molecule has 1 amide bonds. The van der Waals surface area contributed by atoms with Gasteiger partial charge in [0.1, 0.15) is 4.88 Å². The average molecular weight is 269 g/mol. The van der Waals surface area contributed by atoms with Crippen LogP contribution in [0.15, 0.2) is 0 Å². The van der Waals surface area contributed by atoms with Gasteiger partial charge in [-0.15, -0.1) is 0 Å². The second kappa shape index (κ2) is 4.93. The van der Waals surface area contributed by atoms with Crippen molar-refractivity contribution in [2.75, 3.05) is 38.7 Å². The van der Waals surface area contributed by atoms with Crippen molar-refractivity contribution in [2.45, 2.75) is 6.92 Å². The number of rotatable bonds is 2. The summed E-state index contributed by atoms with van der Waals surface area (Å²) >= 11 is 1.27. The van der Waals surface area contributed by atoms with Crippen LogP contribution in [0, 0.1) is 6.92 Å². The number of ether oxygens (including phenoxy) is 1. The van der Waals surface area contributed by atoms with Gasteiger partial charge in [-0.3, -0.25) is 4.79 Å². The number of hydrogen-bond donors (Lipinski definition) is 0. The van der Waals surface area contributed by atoms with E-state index in [0.717, 1.165) is 6.54 Å². The number of piperazine rings is 1. The van der Waals surface area contributed by atoms with Crippen LogP contribution < -0.4 is 4.90 Å². The van der Waals surface area contributed by atoms with Crippen molar-refractivity contribution in [3.05, 3.63) is 10.6 Å². The van der Waals surface area contributed by atoms with Crippen molar-refractivity contribution in [3.63, 3.8) is 0 Å². The minimum absolute atomic E-state index is 0.0636. The molecular weight excluding hydrogens is 254 g/mol. The van der Waals surface area contributed by atoms with Gasteiger partial charge in [0, 0.05) is 20.1 Å². The van der Waals surface area contributed by atoms with Crippen molar-refractivity contribution in [3.8, 4) is 0 Å². The highest BCUT2D eigenvalue weighted by atomic mass is 32.1. The summed E-state index contributed by atoms with van der Waals surface area (Å²) in [5, 5.41) is 0.703. The molecule has 2 rings (SSSR count). The molecule has 98 valence electrons. The quantitative estimate of drug-likeness (QED) is 0.732. The first kappa shape index (κ1) is 12.8. The van der Waals surface area contributed by atoms with Crippen LogP contribution in [0.25, 0.3) is 0 Å². The van der Waals surface area contributed by atoms with Gasteiger partial charge in [0.25, 0.3) is 0 Å². The number of thiazole rings is 1. The van der Waals surface area contributed by atoms with Gasteiger partial charge in [-0.1, -0.05) is 11.3 Å². The molecule has 0 unspecified atom stereocenters. The Kier molecular flexibility index (Phi) is 3.51. The molecule has 1 aromatic heterocycles. The number of carbonyl (C=O) groups excluding carboxylic acids is 2. The molecule has 1 aliphatic heterocycles. The van der Waals surface area contributed by atoms with Crippen LogP contribution in [0.4, 0.5) is 5.13 Å². The van der Waals surface area contributed by atoms with Crippen LogP contribution in [0.3, 0.4) is 0 Å². The zero-order valence-corrected chi connectivity index (χ0v) is 11.4. The van der Waals surface area contributed by atoms with Gasteiger partial charge in [0.2, 0.25) is 5.91 Å². The van der Waals surface area contributed by atoms with Crippen molar-refractivity contribution in [1.29, 1.82) is 0 Å². The fourth-order valence-electron chi connectivity index (χ4n) is 1.72. The Balaban J connectivity index is 2.19. The highest BCUT2D eigenvalue weighted by Gasteiger charge is 2.25. The summed E-state index contributed by atoms with van der Waals surface area (Å²) in [6, 6.07) is 0. The Labute approximate surface area is 109 Å². The average Bonchev–Trinajstić information content (AvgIpc) is 2.74. The van der Waals surface area contributed by atoms with Gasteiger partial charge in [0.05, 0.1) is 19.3 Å². The van der Waals surface area contributed by atoms with Gasteiger partial charge in [-0.2, -0.15) is 0 Å². The molecule has 0 aromatic carbocycles. The van der Waals surface area contributed by atoms with Gasteiger partial charge in [-0.25, -0.2) is 9.78 Å². The lowest BCUT2D eigenvalue weighted by Crippen LogP contribution is -2.48. The van der Waals surface area contributed by atoms with Crippen molar-refractivity contribution in [2.24, 2.45) is 0 Å². The molecule has 1 saturated heterocycles. The van der Waals surface area contributed by atoms with Crippen LogP contribution in [0.1, 0.15) is 15.4 Å². The van der Waals surface area contributed by atoms with E-state index in [1.54, 1.807) is 18.9 Å². The maximum absolute atomic E-state index is 11.6. The van der Waals surface area contributed by atoms with Crippen LogP contribution in [-0.2, 0) is 9.53 Å². The van der Waals surface area contributed by atoms with Crippen molar-refractivity contribution in [1.82, 2.24) is 9.88 Å². The molecule has 0 radical (unpaired) electrons. The van der Waals surface area contributed by atoms with Crippen molar-refractivity contribution < 1.29 is 14.3 Å². The van der Waals surface area contributed by atoms with Crippen LogP contribution >= 0.6 is 11.3 Å². The Bertz CT molecular complexity index is 486. The van der Waals surface area contributed by atoms with Gasteiger partial charge >= 0.3 is 5.97 Å². The minimum atomic E-state index is -0.378. The highest BCUT2D eigenvalue weighted by Crippen LogP contribution is 2.27. The number of amides is 1. The van der Waals surface area contributed by atoms with E-state index in [2.05, 4.69) is 4.98 Å². The molecule has 0 aliphatic carbocycles.